The molecular weight excluding hydrogens is 262 g/mol. The average molecular weight is 275 g/mol. The number of fused-ring (bicyclic) bond motifs is 1. The standard InChI is InChI=1S/C13H13N3O4/c17-8-5-11(13(19)20)15(7-8)12(18)9-6-14-16-4-2-1-3-10(9)16/h1-4,6,8,11,17H,5,7H2,(H,19,20)/t8-,11+/m1/s1. The van der Waals surface area contributed by atoms with E-state index >= 15 is 0 Å². The molecule has 1 saturated heterocycles. The van der Waals surface area contributed by atoms with Crippen LogP contribution in [0.2, 0.25) is 0 Å². The van der Waals surface area contributed by atoms with E-state index in [4.69, 9.17) is 5.11 Å². The minimum Gasteiger partial charge on any atom is -0.480 e. The number of aromatic nitrogens is 2. The molecule has 2 N–H and O–H groups in total. The molecule has 0 aromatic carbocycles. The molecule has 20 heavy (non-hydrogen) atoms. The number of pyridine rings is 1. The van der Waals surface area contributed by atoms with Crippen molar-refractivity contribution in [2.45, 2.75) is 18.6 Å². The molecule has 3 heterocycles. The second-order valence-corrected chi connectivity index (χ2v) is 4.79. The lowest BCUT2D eigenvalue weighted by molar-refractivity contribution is -0.141. The van der Waals surface area contributed by atoms with Crippen molar-refractivity contribution in [2.24, 2.45) is 0 Å². The third-order valence-corrected chi connectivity index (χ3v) is 3.48. The van der Waals surface area contributed by atoms with Gasteiger partial charge in [0.05, 0.1) is 23.4 Å². The van der Waals surface area contributed by atoms with Crippen molar-refractivity contribution in [1.29, 1.82) is 0 Å². The summed E-state index contributed by atoms with van der Waals surface area (Å²) in [5, 5.41) is 22.8. The van der Waals surface area contributed by atoms with E-state index in [1.54, 1.807) is 28.9 Å². The predicted octanol–water partition coefficient (Wildman–Crippen LogP) is -0.00570. The summed E-state index contributed by atoms with van der Waals surface area (Å²) in [5.41, 5.74) is 0.953. The molecule has 0 spiro atoms. The molecular formula is C13H13N3O4. The highest BCUT2D eigenvalue weighted by atomic mass is 16.4. The van der Waals surface area contributed by atoms with Crippen LogP contribution >= 0.6 is 0 Å². The first-order valence-corrected chi connectivity index (χ1v) is 6.22. The molecule has 1 aliphatic rings. The molecule has 2 aromatic rings. The molecule has 1 amide bonds. The van der Waals surface area contributed by atoms with Crippen LogP contribution in [0.15, 0.2) is 30.6 Å². The number of aliphatic hydroxyl groups is 1. The van der Waals surface area contributed by atoms with Crippen LogP contribution < -0.4 is 0 Å². The Kier molecular flexibility index (Phi) is 2.90. The Balaban J connectivity index is 1.98. The molecule has 2 aromatic heterocycles. The monoisotopic (exact) mass is 275 g/mol. The number of aliphatic carboxylic acids is 1. The van der Waals surface area contributed by atoms with E-state index in [0.717, 1.165) is 0 Å². The first-order valence-electron chi connectivity index (χ1n) is 6.22. The van der Waals surface area contributed by atoms with Crippen LogP contribution in [0.25, 0.3) is 5.52 Å². The molecule has 1 aliphatic heterocycles. The van der Waals surface area contributed by atoms with Crippen LogP contribution in [0.1, 0.15) is 16.8 Å². The zero-order valence-electron chi connectivity index (χ0n) is 10.5. The minimum absolute atomic E-state index is 0.0278. The Morgan fingerprint density at radius 2 is 2.15 bits per heavy atom. The summed E-state index contributed by atoms with van der Waals surface area (Å²) in [6.07, 6.45) is 2.38. The molecule has 2 atom stereocenters. The van der Waals surface area contributed by atoms with Crippen molar-refractivity contribution in [2.75, 3.05) is 6.54 Å². The number of likely N-dealkylation sites (tertiary alicyclic amines) is 1. The van der Waals surface area contributed by atoms with Gasteiger partial charge in [-0.05, 0) is 12.1 Å². The van der Waals surface area contributed by atoms with Crippen molar-refractivity contribution in [3.8, 4) is 0 Å². The maximum Gasteiger partial charge on any atom is 0.326 e. The Hall–Kier alpha value is -2.41. The molecule has 1 fully saturated rings. The Bertz CT molecular complexity index is 681. The number of rotatable bonds is 2. The number of hydrogen-bond donors (Lipinski definition) is 2. The van der Waals surface area contributed by atoms with E-state index in [9.17, 15) is 14.7 Å². The molecule has 0 radical (unpaired) electrons. The number of β-amino-alcohol motifs (C(OH)–C–C–N with tert-alkyl or cyclic N) is 1. The Labute approximate surface area is 114 Å². The number of carboxylic acids is 1. The highest BCUT2D eigenvalue weighted by molar-refractivity contribution is 6.02. The zero-order valence-corrected chi connectivity index (χ0v) is 10.5. The molecule has 0 bridgehead atoms. The summed E-state index contributed by atoms with van der Waals surface area (Å²) >= 11 is 0. The lowest BCUT2D eigenvalue weighted by Gasteiger charge is -2.20. The number of amides is 1. The van der Waals surface area contributed by atoms with Crippen molar-refractivity contribution in [1.82, 2.24) is 14.5 Å². The molecule has 0 aliphatic carbocycles. The summed E-state index contributed by atoms with van der Waals surface area (Å²) in [5.74, 6) is -1.53. The number of nitrogens with zero attached hydrogens (tertiary/aromatic N) is 3. The summed E-state index contributed by atoms with van der Waals surface area (Å²) in [6, 6.07) is 4.31. The van der Waals surface area contributed by atoms with Crippen LogP contribution in [-0.2, 0) is 4.79 Å². The highest BCUT2D eigenvalue weighted by Crippen LogP contribution is 2.22. The van der Waals surface area contributed by atoms with Crippen LogP contribution in [0.5, 0.6) is 0 Å². The van der Waals surface area contributed by atoms with E-state index < -0.39 is 24.0 Å². The molecule has 7 nitrogen and oxygen atoms in total. The zero-order chi connectivity index (χ0) is 14.3. The molecule has 3 rings (SSSR count). The Morgan fingerprint density at radius 1 is 1.35 bits per heavy atom. The van der Waals surface area contributed by atoms with Crippen LogP contribution in [0, 0.1) is 0 Å². The summed E-state index contributed by atoms with van der Waals surface area (Å²) in [7, 11) is 0. The van der Waals surface area contributed by atoms with Gasteiger partial charge in [0.1, 0.15) is 6.04 Å². The fourth-order valence-electron chi connectivity index (χ4n) is 2.53. The third-order valence-electron chi connectivity index (χ3n) is 3.48. The van der Waals surface area contributed by atoms with Crippen LogP contribution in [-0.4, -0.2) is 55.3 Å². The topological polar surface area (TPSA) is 95.1 Å². The van der Waals surface area contributed by atoms with Gasteiger partial charge in [0.25, 0.3) is 5.91 Å². The van der Waals surface area contributed by atoms with E-state index in [1.165, 1.54) is 11.1 Å². The molecule has 0 saturated carbocycles. The van der Waals surface area contributed by atoms with Crippen molar-refractivity contribution >= 4 is 17.4 Å². The average Bonchev–Trinajstić information content (AvgIpc) is 3.01. The number of carboxylic acid groups (broad SMARTS) is 1. The first kappa shape index (κ1) is 12.6. The van der Waals surface area contributed by atoms with Crippen molar-refractivity contribution < 1.29 is 19.8 Å². The normalized spacial score (nSPS) is 22.4. The van der Waals surface area contributed by atoms with Gasteiger partial charge in [0.2, 0.25) is 0 Å². The second kappa shape index (κ2) is 4.61. The number of hydrogen-bond acceptors (Lipinski definition) is 4. The number of carbonyl (C=O) groups excluding carboxylic acids is 1. The summed E-state index contributed by atoms with van der Waals surface area (Å²) in [6.45, 7) is 0.0278. The summed E-state index contributed by atoms with van der Waals surface area (Å²) in [4.78, 5) is 24.8. The van der Waals surface area contributed by atoms with E-state index in [2.05, 4.69) is 5.10 Å². The number of aliphatic hydroxyl groups excluding tert-OH is 1. The van der Waals surface area contributed by atoms with Gasteiger partial charge >= 0.3 is 5.97 Å². The largest absolute Gasteiger partial charge is 0.480 e. The SMILES string of the molecule is O=C(O)[C@@H]1C[C@@H](O)CN1C(=O)c1cnn2ccccc12. The lowest BCUT2D eigenvalue weighted by Crippen LogP contribution is -2.40. The smallest absolute Gasteiger partial charge is 0.326 e. The second-order valence-electron chi connectivity index (χ2n) is 4.79. The highest BCUT2D eigenvalue weighted by Gasteiger charge is 2.39. The van der Waals surface area contributed by atoms with Gasteiger partial charge in [-0.3, -0.25) is 4.79 Å². The van der Waals surface area contributed by atoms with Gasteiger partial charge in [-0.1, -0.05) is 6.07 Å². The molecule has 7 heteroatoms. The van der Waals surface area contributed by atoms with Crippen molar-refractivity contribution in [3.63, 3.8) is 0 Å². The predicted molar refractivity (Wildman–Crippen MR) is 68.3 cm³/mol. The van der Waals surface area contributed by atoms with Crippen LogP contribution in [0.4, 0.5) is 0 Å². The summed E-state index contributed by atoms with van der Waals surface area (Å²) < 4.78 is 1.55. The quantitative estimate of drug-likeness (QED) is 0.804. The van der Waals surface area contributed by atoms with Crippen LogP contribution in [0.3, 0.4) is 0 Å². The lowest BCUT2D eigenvalue weighted by atomic mass is 10.2. The van der Waals surface area contributed by atoms with Gasteiger partial charge in [-0.25, -0.2) is 9.31 Å². The van der Waals surface area contributed by atoms with E-state index in [0.29, 0.717) is 11.1 Å². The fourth-order valence-corrected chi connectivity index (χ4v) is 2.53. The minimum atomic E-state index is -1.11. The third kappa shape index (κ3) is 1.92. The van der Waals surface area contributed by atoms with Gasteiger partial charge in [0, 0.05) is 19.2 Å². The first-order chi connectivity index (χ1) is 9.58. The van der Waals surface area contributed by atoms with Gasteiger partial charge in [-0.2, -0.15) is 5.10 Å². The van der Waals surface area contributed by atoms with Gasteiger partial charge < -0.3 is 15.1 Å². The van der Waals surface area contributed by atoms with Gasteiger partial charge in [-0.15, -0.1) is 0 Å². The molecule has 104 valence electrons. The van der Waals surface area contributed by atoms with Crippen molar-refractivity contribution in [3.05, 3.63) is 36.2 Å². The van der Waals surface area contributed by atoms with E-state index in [1.807, 2.05) is 0 Å². The van der Waals surface area contributed by atoms with Gasteiger partial charge in [0.15, 0.2) is 0 Å². The molecule has 0 unspecified atom stereocenters. The van der Waals surface area contributed by atoms with E-state index in [-0.39, 0.29) is 13.0 Å². The maximum absolute atomic E-state index is 12.5. The fraction of sp³-hybridized carbons (Fsp3) is 0.308. The number of carbonyl (C=O) groups is 2. The Morgan fingerprint density at radius 3 is 2.90 bits per heavy atom. The maximum atomic E-state index is 12.5.